The molecule has 0 amide bonds. The standard InChI is InChI=1S/C16H14N6OS/c1-10-15(16(17)22(20-10)12-5-3-2-4-6-12)19-18-13-8-7-11(21-23)9-14(13)24/h2-9,24H,17H2,1H3. The van der Waals surface area contributed by atoms with Crippen molar-refractivity contribution in [3.05, 3.63) is 59.1 Å². The fourth-order valence-electron chi connectivity index (χ4n) is 2.18. The van der Waals surface area contributed by atoms with Gasteiger partial charge in [0, 0.05) is 4.90 Å². The van der Waals surface area contributed by atoms with Crippen molar-refractivity contribution in [3.63, 3.8) is 0 Å². The molecule has 0 aliphatic heterocycles. The number of hydrogen-bond donors (Lipinski definition) is 2. The highest BCUT2D eigenvalue weighted by Crippen LogP contribution is 2.33. The van der Waals surface area contributed by atoms with Crippen molar-refractivity contribution in [1.29, 1.82) is 0 Å². The molecular formula is C16H14N6OS. The Morgan fingerprint density at radius 3 is 2.54 bits per heavy atom. The number of para-hydroxylation sites is 1. The smallest absolute Gasteiger partial charge is 0.155 e. The quantitative estimate of drug-likeness (QED) is 0.403. The number of anilines is 1. The Hall–Kier alpha value is -3.00. The Bertz CT molecular complexity index is 920. The first kappa shape index (κ1) is 15.9. The summed E-state index contributed by atoms with van der Waals surface area (Å²) in [6, 6.07) is 14.2. The highest BCUT2D eigenvalue weighted by molar-refractivity contribution is 7.80. The lowest BCUT2D eigenvalue weighted by Crippen LogP contribution is -2.01. The van der Waals surface area contributed by atoms with Gasteiger partial charge in [-0.25, -0.2) is 4.68 Å². The topological polar surface area (TPSA) is 98.0 Å². The van der Waals surface area contributed by atoms with E-state index in [-0.39, 0.29) is 5.69 Å². The second-order valence-corrected chi connectivity index (χ2v) is 5.51. The molecule has 2 aromatic carbocycles. The average Bonchev–Trinajstić information content (AvgIpc) is 2.89. The molecule has 0 unspecified atom stereocenters. The van der Waals surface area contributed by atoms with Gasteiger partial charge in [0.05, 0.1) is 17.1 Å². The number of rotatable bonds is 4. The van der Waals surface area contributed by atoms with Crippen molar-refractivity contribution in [2.45, 2.75) is 11.8 Å². The summed E-state index contributed by atoms with van der Waals surface area (Å²) in [6.45, 7) is 1.81. The summed E-state index contributed by atoms with van der Waals surface area (Å²) in [6.07, 6.45) is 0. The molecule has 0 fully saturated rings. The predicted octanol–water partition coefficient (Wildman–Crippen LogP) is 4.86. The maximum atomic E-state index is 10.5. The molecule has 0 saturated carbocycles. The second kappa shape index (κ2) is 6.63. The molecule has 2 N–H and O–H groups in total. The van der Waals surface area contributed by atoms with E-state index >= 15 is 0 Å². The van der Waals surface area contributed by atoms with E-state index in [1.807, 2.05) is 37.3 Å². The first-order valence-corrected chi connectivity index (χ1v) is 7.53. The third kappa shape index (κ3) is 3.04. The normalized spacial score (nSPS) is 11.1. The van der Waals surface area contributed by atoms with Crippen molar-refractivity contribution >= 4 is 35.5 Å². The lowest BCUT2D eigenvalue weighted by atomic mass is 10.3. The van der Waals surface area contributed by atoms with Gasteiger partial charge in [-0.1, -0.05) is 18.2 Å². The fourth-order valence-corrected chi connectivity index (χ4v) is 2.44. The summed E-state index contributed by atoms with van der Waals surface area (Å²) in [5.41, 5.74) is 8.94. The van der Waals surface area contributed by atoms with Crippen LogP contribution in [0.15, 0.2) is 68.8 Å². The zero-order chi connectivity index (χ0) is 17.1. The van der Waals surface area contributed by atoms with Gasteiger partial charge in [0.15, 0.2) is 11.5 Å². The van der Waals surface area contributed by atoms with Gasteiger partial charge in [-0.3, -0.25) is 0 Å². The molecule has 1 aromatic heterocycles. The van der Waals surface area contributed by atoms with E-state index in [2.05, 4.69) is 33.1 Å². The minimum absolute atomic E-state index is 0.284. The van der Waals surface area contributed by atoms with Crippen LogP contribution in [0.2, 0.25) is 0 Å². The third-order valence-electron chi connectivity index (χ3n) is 3.39. The number of nitroso groups, excluding NO2 is 1. The molecule has 24 heavy (non-hydrogen) atoms. The average molecular weight is 338 g/mol. The summed E-state index contributed by atoms with van der Waals surface area (Å²) in [5, 5.41) is 15.6. The monoisotopic (exact) mass is 338 g/mol. The SMILES string of the molecule is Cc1nn(-c2ccccc2)c(N)c1N=Nc1ccc(N=O)cc1S. The van der Waals surface area contributed by atoms with Crippen LogP contribution in [-0.4, -0.2) is 9.78 Å². The van der Waals surface area contributed by atoms with Crippen molar-refractivity contribution in [2.75, 3.05) is 5.73 Å². The molecule has 120 valence electrons. The lowest BCUT2D eigenvalue weighted by Gasteiger charge is -2.02. The van der Waals surface area contributed by atoms with Gasteiger partial charge >= 0.3 is 0 Å². The number of nitrogens with two attached hydrogens (primary N) is 1. The Morgan fingerprint density at radius 2 is 1.88 bits per heavy atom. The van der Waals surface area contributed by atoms with Gasteiger partial charge in [0.2, 0.25) is 0 Å². The van der Waals surface area contributed by atoms with Crippen LogP contribution in [0, 0.1) is 11.8 Å². The van der Waals surface area contributed by atoms with Crippen LogP contribution in [0.25, 0.3) is 5.69 Å². The van der Waals surface area contributed by atoms with E-state index in [9.17, 15) is 4.91 Å². The Labute approximate surface area is 143 Å². The van der Waals surface area contributed by atoms with Crippen molar-refractivity contribution in [2.24, 2.45) is 15.4 Å². The van der Waals surface area contributed by atoms with Gasteiger partial charge in [0.25, 0.3) is 0 Å². The van der Waals surface area contributed by atoms with Crippen LogP contribution in [0.5, 0.6) is 0 Å². The van der Waals surface area contributed by atoms with E-state index in [4.69, 9.17) is 5.73 Å². The molecule has 0 atom stereocenters. The molecule has 3 rings (SSSR count). The lowest BCUT2D eigenvalue weighted by molar-refractivity contribution is 0.872. The van der Waals surface area contributed by atoms with Crippen LogP contribution in [0.3, 0.4) is 0 Å². The fraction of sp³-hybridized carbons (Fsp3) is 0.0625. The minimum Gasteiger partial charge on any atom is -0.382 e. The second-order valence-electron chi connectivity index (χ2n) is 5.03. The number of hydrogen-bond acceptors (Lipinski definition) is 7. The van der Waals surface area contributed by atoms with E-state index in [0.717, 1.165) is 5.69 Å². The molecule has 0 spiro atoms. The number of azo groups is 1. The summed E-state index contributed by atoms with van der Waals surface area (Å²) < 4.78 is 1.62. The Balaban J connectivity index is 1.96. The minimum atomic E-state index is 0.284. The van der Waals surface area contributed by atoms with Crippen LogP contribution in [0.1, 0.15) is 5.69 Å². The van der Waals surface area contributed by atoms with Gasteiger partial charge in [-0.2, -0.15) is 5.10 Å². The Morgan fingerprint density at radius 1 is 1.12 bits per heavy atom. The number of benzene rings is 2. The number of nitrogen functional groups attached to an aromatic ring is 1. The van der Waals surface area contributed by atoms with Crippen LogP contribution < -0.4 is 5.73 Å². The number of nitrogens with zero attached hydrogens (tertiary/aromatic N) is 5. The van der Waals surface area contributed by atoms with Crippen LogP contribution >= 0.6 is 12.6 Å². The summed E-state index contributed by atoms with van der Waals surface area (Å²) in [5.74, 6) is 0.398. The first-order valence-electron chi connectivity index (χ1n) is 7.09. The number of aryl methyl sites for hydroxylation is 1. The first-order chi connectivity index (χ1) is 11.6. The molecule has 7 nitrogen and oxygen atoms in total. The molecule has 1 heterocycles. The molecule has 8 heteroatoms. The van der Waals surface area contributed by atoms with Crippen LogP contribution in [-0.2, 0) is 0 Å². The van der Waals surface area contributed by atoms with Gasteiger partial charge < -0.3 is 5.73 Å². The third-order valence-corrected chi connectivity index (χ3v) is 3.74. The summed E-state index contributed by atoms with van der Waals surface area (Å²) in [7, 11) is 0. The largest absolute Gasteiger partial charge is 0.382 e. The molecule has 0 radical (unpaired) electrons. The Kier molecular flexibility index (Phi) is 4.39. The number of aromatic nitrogens is 2. The number of thiol groups is 1. The van der Waals surface area contributed by atoms with Gasteiger partial charge in [-0.05, 0) is 42.4 Å². The highest BCUT2D eigenvalue weighted by Gasteiger charge is 2.13. The van der Waals surface area contributed by atoms with E-state index in [1.165, 1.54) is 6.07 Å². The van der Waals surface area contributed by atoms with Crippen molar-refractivity contribution < 1.29 is 0 Å². The van der Waals surface area contributed by atoms with E-state index in [1.54, 1.807) is 16.8 Å². The molecule has 0 aliphatic carbocycles. The molecule has 0 saturated heterocycles. The van der Waals surface area contributed by atoms with E-state index < -0.39 is 0 Å². The molecular weight excluding hydrogens is 324 g/mol. The molecule has 3 aromatic rings. The van der Waals surface area contributed by atoms with Crippen molar-refractivity contribution in [3.8, 4) is 5.69 Å². The molecule has 0 bridgehead atoms. The van der Waals surface area contributed by atoms with Crippen LogP contribution in [0.4, 0.5) is 22.9 Å². The maximum absolute atomic E-state index is 10.5. The summed E-state index contributed by atoms with van der Waals surface area (Å²) in [4.78, 5) is 11.0. The highest BCUT2D eigenvalue weighted by atomic mass is 32.1. The van der Waals surface area contributed by atoms with E-state index in [0.29, 0.717) is 27.8 Å². The summed E-state index contributed by atoms with van der Waals surface area (Å²) >= 11 is 4.28. The van der Waals surface area contributed by atoms with Gasteiger partial charge in [-0.15, -0.1) is 27.8 Å². The van der Waals surface area contributed by atoms with Crippen molar-refractivity contribution in [1.82, 2.24) is 9.78 Å². The van der Waals surface area contributed by atoms with Gasteiger partial charge in [0.1, 0.15) is 5.69 Å². The maximum Gasteiger partial charge on any atom is 0.155 e. The zero-order valence-electron chi connectivity index (χ0n) is 12.8. The molecule has 0 aliphatic rings. The predicted molar refractivity (Wildman–Crippen MR) is 96.0 cm³/mol. The zero-order valence-corrected chi connectivity index (χ0v) is 13.7.